The van der Waals surface area contributed by atoms with Crippen LogP contribution in [0.3, 0.4) is 0 Å². The van der Waals surface area contributed by atoms with E-state index in [2.05, 4.69) is 15.9 Å². The summed E-state index contributed by atoms with van der Waals surface area (Å²) in [5.41, 5.74) is 1.55. The van der Waals surface area contributed by atoms with Crippen molar-refractivity contribution in [1.82, 2.24) is 4.90 Å². The zero-order valence-electron chi connectivity index (χ0n) is 14.6. The lowest BCUT2D eigenvalue weighted by Gasteiger charge is -2.33. The average Bonchev–Trinajstić information content (AvgIpc) is 2.94. The van der Waals surface area contributed by atoms with Crippen LogP contribution >= 0.6 is 27.5 Å². The number of carbonyl (C=O) groups excluding carboxylic acids is 1. The number of amides is 1. The molecule has 7 heteroatoms. The number of ether oxygens (including phenoxy) is 3. The lowest BCUT2D eigenvalue weighted by atomic mass is 10.1. The lowest BCUT2D eigenvalue weighted by molar-refractivity contribution is -0.0228. The Kier molecular flexibility index (Phi) is 5.57. The number of benzene rings is 2. The van der Waals surface area contributed by atoms with Crippen molar-refractivity contribution in [2.45, 2.75) is 12.5 Å². The summed E-state index contributed by atoms with van der Waals surface area (Å²) < 4.78 is 18.2. The summed E-state index contributed by atoms with van der Waals surface area (Å²) >= 11 is 9.77. The second-order valence-corrected chi connectivity index (χ2v) is 7.82. The molecule has 0 N–H and O–H groups in total. The minimum absolute atomic E-state index is 0.0852. The molecule has 0 aromatic heterocycles. The van der Waals surface area contributed by atoms with Gasteiger partial charge >= 0.3 is 0 Å². The van der Waals surface area contributed by atoms with Crippen LogP contribution in [-0.2, 0) is 4.74 Å². The van der Waals surface area contributed by atoms with Gasteiger partial charge in [-0.25, -0.2) is 0 Å². The normalized spacial score (nSPS) is 19.5. The number of rotatable bonds is 2. The van der Waals surface area contributed by atoms with Gasteiger partial charge < -0.3 is 19.1 Å². The minimum atomic E-state index is -0.147. The Bertz CT molecular complexity index is 843. The van der Waals surface area contributed by atoms with Crippen LogP contribution in [0.4, 0.5) is 0 Å². The molecule has 0 saturated carbocycles. The molecule has 0 aliphatic carbocycles. The van der Waals surface area contributed by atoms with Crippen molar-refractivity contribution in [3.63, 3.8) is 0 Å². The van der Waals surface area contributed by atoms with Gasteiger partial charge in [0.05, 0.1) is 31.4 Å². The number of fused-ring (bicyclic) bond motifs is 1. The van der Waals surface area contributed by atoms with Crippen molar-refractivity contribution in [2.24, 2.45) is 0 Å². The van der Waals surface area contributed by atoms with E-state index in [1.165, 1.54) is 0 Å². The molecule has 1 saturated heterocycles. The van der Waals surface area contributed by atoms with Gasteiger partial charge in [-0.3, -0.25) is 4.79 Å². The Labute approximate surface area is 171 Å². The molecular formula is C20H19BrClNO4. The summed E-state index contributed by atoms with van der Waals surface area (Å²) in [5.74, 6) is 0.958. The molecule has 2 aliphatic rings. The molecule has 5 nitrogen and oxygen atoms in total. The van der Waals surface area contributed by atoms with Crippen LogP contribution in [0.1, 0.15) is 28.4 Å². The highest BCUT2D eigenvalue weighted by Gasteiger charge is 2.28. The molecule has 0 radical (unpaired) electrons. The molecule has 2 aromatic rings. The number of hydrogen-bond donors (Lipinski definition) is 0. The van der Waals surface area contributed by atoms with Crippen molar-refractivity contribution in [3.05, 3.63) is 57.0 Å². The Morgan fingerprint density at radius 2 is 1.89 bits per heavy atom. The van der Waals surface area contributed by atoms with Gasteiger partial charge in [-0.05, 0) is 29.8 Å². The molecule has 1 unspecified atom stereocenters. The molecule has 142 valence electrons. The summed E-state index contributed by atoms with van der Waals surface area (Å²) in [6.45, 7) is 2.62. The van der Waals surface area contributed by atoms with Crippen molar-refractivity contribution in [3.8, 4) is 11.5 Å². The Balaban J connectivity index is 1.54. The molecule has 2 aromatic carbocycles. The zero-order chi connectivity index (χ0) is 18.8. The van der Waals surface area contributed by atoms with Crippen molar-refractivity contribution >= 4 is 33.4 Å². The van der Waals surface area contributed by atoms with Crippen LogP contribution in [-0.4, -0.2) is 43.7 Å². The number of halogens is 2. The summed E-state index contributed by atoms with van der Waals surface area (Å²) in [4.78, 5) is 14.9. The van der Waals surface area contributed by atoms with Gasteiger partial charge in [-0.15, -0.1) is 0 Å². The molecule has 2 aliphatic heterocycles. The van der Waals surface area contributed by atoms with Gasteiger partial charge in [-0.1, -0.05) is 39.7 Å². The van der Waals surface area contributed by atoms with E-state index < -0.39 is 0 Å². The third-order valence-corrected chi connectivity index (χ3v) is 5.45. The largest absolute Gasteiger partial charge is 0.489 e. The molecule has 4 rings (SSSR count). The third-order valence-electron chi connectivity index (χ3n) is 4.64. The summed E-state index contributed by atoms with van der Waals surface area (Å²) in [7, 11) is 0. The minimum Gasteiger partial charge on any atom is -0.489 e. The fraction of sp³-hybridized carbons (Fsp3) is 0.350. The van der Waals surface area contributed by atoms with E-state index in [1.54, 1.807) is 17.0 Å². The molecule has 27 heavy (non-hydrogen) atoms. The predicted octanol–water partition coefficient (Wildman–Crippen LogP) is 4.48. The maximum absolute atomic E-state index is 13.1. The van der Waals surface area contributed by atoms with E-state index in [0.717, 1.165) is 16.5 Å². The first kappa shape index (κ1) is 18.6. The second-order valence-electron chi connectivity index (χ2n) is 6.50. The first-order valence-electron chi connectivity index (χ1n) is 8.87. The quantitative estimate of drug-likeness (QED) is 0.674. The second kappa shape index (κ2) is 8.09. The molecule has 0 spiro atoms. The van der Waals surface area contributed by atoms with Gasteiger partial charge in [-0.2, -0.15) is 0 Å². The standard InChI is InChI=1S/C20H19BrClNO4/c21-15-4-2-13(3-5-15)18-12-23(6-9-26-18)20(24)14-10-16(22)19-17(11-14)25-7-1-8-27-19/h2-5,10-11,18H,1,6-9,12H2. The maximum atomic E-state index is 13.1. The molecule has 1 fully saturated rings. The van der Waals surface area contributed by atoms with Gasteiger partial charge in [0.15, 0.2) is 11.5 Å². The summed E-state index contributed by atoms with van der Waals surface area (Å²) in [6.07, 6.45) is 0.638. The van der Waals surface area contributed by atoms with Crippen LogP contribution in [0.5, 0.6) is 11.5 Å². The molecule has 1 amide bonds. The molecule has 1 atom stereocenters. The van der Waals surface area contributed by atoms with Crippen molar-refractivity contribution in [2.75, 3.05) is 32.9 Å². The van der Waals surface area contributed by atoms with Crippen molar-refractivity contribution in [1.29, 1.82) is 0 Å². The third kappa shape index (κ3) is 4.08. The van der Waals surface area contributed by atoms with Crippen LogP contribution in [0, 0.1) is 0 Å². The number of morpholine rings is 1. The van der Waals surface area contributed by atoms with Gasteiger partial charge in [0.2, 0.25) is 0 Å². The number of hydrogen-bond acceptors (Lipinski definition) is 4. The fourth-order valence-corrected chi connectivity index (χ4v) is 3.78. The van der Waals surface area contributed by atoms with E-state index in [1.807, 2.05) is 24.3 Å². The number of carbonyl (C=O) groups is 1. The highest BCUT2D eigenvalue weighted by atomic mass is 79.9. The first-order valence-corrected chi connectivity index (χ1v) is 10.0. The van der Waals surface area contributed by atoms with E-state index in [-0.39, 0.29) is 12.0 Å². The van der Waals surface area contributed by atoms with Gasteiger partial charge in [0.1, 0.15) is 6.10 Å². The molecule has 2 heterocycles. The predicted molar refractivity (Wildman–Crippen MR) is 106 cm³/mol. The fourth-order valence-electron chi connectivity index (χ4n) is 3.25. The van der Waals surface area contributed by atoms with Crippen LogP contribution in [0.25, 0.3) is 0 Å². The zero-order valence-corrected chi connectivity index (χ0v) is 17.0. The summed E-state index contributed by atoms with van der Waals surface area (Å²) in [6, 6.07) is 11.3. The average molecular weight is 453 g/mol. The Morgan fingerprint density at radius 1 is 1.11 bits per heavy atom. The SMILES string of the molecule is O=C(c1cc(Cl)c2c(c1)OCCCO2)N1CCOC(c2ccc(Br)cc2)C1. The lowest BCUT2D eigenvalue weighted by Crippen LogP contribution is -2.42. The number of nitrogens with zero attached hydrogens (tertiary/aromatic N) is 1. The van der Waals surface area contributed by atoms with Crippen LogP contribution < -0.4 is 9.47 Å². The highest BCUT2D eigenvalue weighted by Crippen LogP contribution is 2.38. The Hall–Kier alpha value is -1.76. The van der Waals surface area contributed by atoms with Crippen LogP contribution in [0.2, 0.25) is 5.02 Å². The summed E-state index contributed by atoms with van der Waals surface area (Å²) in [5, 5.41) is 0.399. The van der Waals surface area contributed by atoms with E-state index in [4.69, 9.17) is 25.8 Å². The smallest absolute Gasteiger partial charge is 0.254 e. The molecule has 0 bridgehead atoms. The Morgan fingerprint density at radius 3 is 2.70 bits per heavy atom. The first-order chi connectivity index (χ1) is 13.1. The van der Waals surface area contributed by atoms with Crippen molar-refractivity contribution < 1.29 is 19.0 Å². The highest BCUT2D eigenvalue weighted by molar-refractivity contribution is 9.10. The van der Waals surface area contributed by atoms with E-state index >= 15 is 0 Å². The van der Waals surface area contributed by atoms with Gasteiger partial charge in [0.25, 0.3) is 5.91 Å². The monoisotopic (exact) mass is 451 g/mol. The van der Waals surface area contributed by atoms with E-state index in [0.29, 0.717) is 55.0 Å². The molecular weight excluding hydrogens is 434 g/mol. The van der Waals surface area contributed by atoms with Gasteiger partial charge in [0, 0.05) is 23.0 Å². The maximum Gasteiger partial charge on any atom is 0.254 e. The topological polar surface area (TPSA) is 48.0 Å². The van der Waals surface area contributed by atoms with Crippen LogP contribution in [0.15, 0.2) is 40.9 Å². The van der Waals surface area contributed by atoms with E-state index in [9.17, 15) is 4.79 Å².